The Hall–Kier alpha value is -3.23. The van der Waals surface area contributed by atoms with Crippen molar-refractivity contribution < 1.29 is 18.0 Å². The van der Waals surface area contributed by atoms with Gasteiger partial charge in [0.2, 0.25) is 21.8 Å². The van der Waals surface area contributed by atoms with Gasteiger partial charge in [-0.05, 0) is 53.2 Å². The van der Waals surface area contributed by atoms with E-state index in [0.717, 1.165) is 17.2 Å². The number of aromatic amines is 1. The first-order chi connectivity index (χ1) is 18.4. The second-order valence-corrected chi connectivity index (χ2v) is 14.9. The zero-order valence-electron chi connectivity index (χ0n) is 24.4. The standard InChI is InChI=1S/C29H39N5O5S/c1-16-9-10-21-17(11-16)12-18(25(35)31-21)13-19(14-30)33(7)26(36)23-22-20(29(22,5)6)15-34(23)27(37)24(28(2,3)4)32-40(8,38)39/h9-12,19-20,22-24,32H,13,15H2,1-8H3,(H,31,35)/t19?,20-,22+,23-,24+/m0/s1. The molecule has 10 nitrogen and oxygen atoms in total. The number of rotatable bonds is 7. The number of nitrogens with one attached hydrogen (secondary N) is 2. The summed E-state index contributed by atoms with van der Waals surface area (Å²) in [4.78, 5) is 46.3. The number of hydrogen-bond acceptors (Lipinski definition) is 6. The van der Waals surface area contributed by atoms with E-state index in [0.29, 0.717) is 17.6 Å². The summed E-state index contributed by atoms with van der Waals surface area (Å²) in [6, 6.07) is 6.76. The van der Waals surface area contributed by atoms with Crippen molar-refractivity contribution in [1.82, 2.24) is 19.5 Å². The summed E-state index contributed by atoms with van der Waals surface area (Å²) < 4.78 is 26.7. The number of fused-ring (bicyclic) bond motifs is 2. The lowest BCUT2D eigenvalue weighted by Gasteiger charge is -2.38. The molecule has 1 saturated heterocycles. The normalized spacial score (nSPS) is 23.3. The predicted octanol–water partition coefficient (Wildman–Crippen LogP) is 2.18. The Balaban J connectivity index is 1.63. The molecule has 40 heavy (non-hydrogen) atoms. The zero-order valence-corrected chi connectivity index (χ0v) is 25.2. The van der Waals surface area contributed by atoms with Gasteiger partial charge in [0.15, 0.2) is 0 Å². The van der Waals surface area contributed by atoms with Gasteiger partial charge in [0, 0.05) is 31.1 Å². The minimum Gasteiger partial charge on any atom is -0.329 e. The van der Waals surface area contributed by atoms with Crippen LogP contribution in [0.25, 0.3) is 10.9 Å². The van der Waals surface area contributed by atoms with E-state index in [2.05, 4.69) is 29.6 Å². The van der Waals surface area contributed by atoms with Crippen LogP contribution < -0.4 is 10.3 Å². The maximum atomic E-state index is 14.0. The summed E-state index contributed by atoms with van der Waals surface area (Å²) in [5.41, 5.74) is 0.870. The SMILES string of the molecule is Cc1ccc2[nH]c(=O)c(CC(C#N)N(C)C(=O)[C@@H]3[C@H]4[C@H](CN3C(=O)[C@@H](NS(C)(=O)=O)C(C)(C)C)C4(C)C)cc2c1. The van der Waals surface area contributed by atoms with Gasteiger partial charge >= 0.3 is 0 Å². The van der Waals surface area contributed by atoms with Crippen LogP contribution in [0.3, 0.4) is 0 Å². The van der Waals surface area contributed by atoms with Gasteiger partial charge in [0.25, 0.3) is 5.56 Å². The number of hydrogen-bond donors (Lipinski definition) is 2. The highest BCUT2D eigenvalue weighted by Crippen LogP contribution is 2.65. The number of aromatic nitrogens is 1. The van der Waals surface area contributed by atoms with Crippen LogP contribution in [0.1, 0.15) is 45.7 Å². The molecule has 5 atom stereocenters. The number of sulfonamides is 1. The molecule has 0 bridgehead atoms. The molecule has 4 rings (SSSR count). The van der Waals surface area contributed by atoms with Crippen molar-refractivity contribution in [1.29, 1.82) is 5.26 Å². The van der Waals surface area contributed by atoms with E-state index in [1.54, 1.807) is 26.8 Å². The fourth-order valence-corrected chi connectivity index (χ4v) is 7.02. The number of nitriles is 1. The molecule has 0 radical (unpaired) electrons. The number of carbonyl (C=O) groups is 2. The smallest absolute Gasteiger partial charge is 0.251 e. The molecule has 1 aromatic heterocycles. The summed E-state index contributed by atoms with van der Waals surface area (Å²) >= 11 is 0. The average molecular weight is 570 g/mol. The molecule has 2 fully saturated rings. The van der Waals surface area contributed by atoms with Crippen molar-refractivity contribution in [2.24, 2.45) is 22.7 Å². The summed E-state index contributed by atoms with van der Waals surface area (Å²) in [7, 11) is -2.18. The maximum Gasteiger partial charge on any atom is 0.251 e. The molecular weight excluding hydrogens is 530 g/mol. The average Bonchev–Trinajstić information content (AvgIpc) is 3.16. The molecule has 2 amide bonds. The molecule has 1 unspecified atom stereocenters. The largest absolute Gasteiger partial charge is 0.329 e. The predicted molar refractivity (Wildman–Crippen MR) is 153 cm³/mol. The lowest BCUT2D eigenvalue weighted by molar-refractivity contribution is -0.148. The number of benzene rings is 1. The molecule has 216 valence electrons. The van der Waals surface area contributed by atoms with Crippen LogP contribution in [-0.4, -0.2) is 73.0 Å². The maximum absolute atomic E-state index is 14.0. The summed E-state index contributed by atoms with van der Waals surface area (Å²) in [6.45, 7) is 11.7. The number of amides is 2. The summed E-state index contributed by atoms with van der Waals surface area (Å²) in [5, 5.41) is 10.9. The number of carbonyl (C=O) groups excluding carboxylic acids is 2. The number of piperidine rings is 1. The second kappa shape index (κ2) is 10.00. The van der Waals surface area contributed by atoms with Gasteiger partial charge in [0.1, 0.15) is 18.1 Å². The highest BCUT2D eigenvalue weighted by molar-refractivity contribution is 7.88. The van der Waals surface area contributed by atoms with E-state index in [1.165, 1.54) is 16.8 Å². The van der Waals surface area contributed by atoms with Crippen LogP contribution in [0.2, 0.25) is 0 Å². The molecule has 2 aromatic rings. The van der Waals surface area contributed by atoms with Crippen molar-refractivity contribution in [2.45, 2.75) is 66.1 Å². The molecule has 0 spiro atoms. The van der Waals surface area contributed by atoms with Crippen LogP contribution in [0.4, 0.5) is 0 Å². The number of H-pyrrole nitrogens is 1. The molecule has 1 saturated carbocycles. The second-order valence-electron chi connectivity index (χ2n) is 13.1. The molecule has 2 heterocycles. The third-order valence-electron chi connectivity index (χ3n) is 8.64. The molecular formula is C29H39N5O5S. The molecule has 11 heteroatoms. The highest BCUT2D eigenvalue weighted by Gasteiger charge is 2.70. The lowest BCUT2D eigenvalue weighted by Crippen LogP contribution is -2.59. The van der Waals surface area contributed by atoms with Crippen LogP contribution >= 0.6 is 0 Å². The quantitative estimate of drug-likeness (QED) is 0.523. The molecule has 2 N–H and O–H groups in total. The third-order valence-corrected chi connectivity index (χ3v) is 9.31. The Kier molecular flexibility index (Phi) is 7.43. The third kappa shape index (κ3) is 5.52. The minimum atomic E-state index is -3.70. The molecule has 2 aliphatic rings. The van der Waals surface area contributed by atoms with Crippen LogP contribution in [-0.2, 0) is 26.0 Å². The van der Waals surface area contributed by atoms with Gasteiger partial charge in [-0.1, -0.05) is 46.2 Å². The Bertz CT molecular complexity index is 1570. The lowest BCUT2D eigenvalue weighted by atomic mass is 9.86. The van der Waals surface area contributed by atoms with E-state index in [4.69, 9.17) is 0 Å². The molecule has 1 aliphatic carbocycles. The summed E-state index contributed by atoms with van der Waals surface area (Å²) in [6.07, 6.45) is 1.03. The van der Waals surface area contributed by atoms with E-state index >= 15 is 0 Å². The van der Waals surface area contributed by atoms with Gasteiger partial charge in [-0.2, -0.15) is 5.26 Å². The Labute approximate surface area is 235 Å². The van der Waals surface area contributed by atoms with E-state index in [9.17, 15) is 28.1 Å². The van der Waals surface area contributed by atoms with Crippen LogP contribution in [0.5, 0.6) is 0 Å². The van der Waals surface area contributed by atoms with Crippen molar-refractivity contribution in [2.75, 3.05) is 19.8 Å². The number of likely N-dealkylation sites (tertiary alicyclic amines) is 1. The van der Waals surface area contributed by atoms with E-state index < -0.39 is 45.4 Å². The first kappa shape index (κ1) is 29.7. The zero-order chi connectivity index (χ0) is 29.9. The minimum absolute atomic E-state index is 0.0242. The van der Waals surface area contributed by atoms with Crippen molar-refractivity contribution in [3.8, 4) is 6.07 Å². The number of likely N-dealkylation sites (N-methyl/N-ethyl adjacent to an activating group) is 1. The number of nitrogens with zero attached hydrogens (tertiary/aromatic N) is 3. The van der Waals surface area contributed by atoms with Gasteiger partial charge in [-0.25, -0.2) is 13.1 Å². The highest BCUT2D eigenvalue weighted by atomic mass is 32.2. The van der Waals surface area contributed by atoms with E-state index in [-0.39, 0.29) is 29.2 Å². The van der Waals surface area contributed by atoms with Gasteiger partial charge in [-0.15, -0.1) is 0 Å². The Morgan fingerprint density at radius 1 is 1.27 bits per heavy atom. The number of aryl methyl sites for hydroxylation is 1. The number of pyridine rings is 1. The summed E-state index contributed by atoms with van der Waals surface area (Å²) in [5.74, 6) is -0.873. The fourth-order valence-electron chi connectivity index (χ4n) is 6.14. The van der Waals surface area contributed by atoms with Crippen molar-refractivity contribution in [3.05, 3.63) is 45.7 Å². The monoisotopic (exact) mass is 569 g/mol. The topological polar surface area (TPSA) is 143 Å². The Morgan fingerprint density at radius 3 is 2.50 bits per heavy atom. The molecule has 1 aliphatic heterocycles. The van der Waals surface area contributed by atoms with Gasteiger partial charge in [-0.3, -0.25) is 14.4 Å². The van der Waals surface area contributed by atoms with E-state index in [1.807, 2.05) is 25.1 Å². The van der Waals surface area contributed by atoms with Crippen molar-refractivity contribution >= 4 is 32.7 Å². The van der Waals surface area contributed by atoms with Crippen molar-refractivity contribution in [3.63, 3.8) is 0 Å². The van der Waals surface area contributed by atoms with Gasteiger partial charge in [0.05, 0.1) is 12.3 Å². The molecule has 1 aromatic carbocycles. The van der Waals surface area contributed by atoms with Crippen LogP contribution in [0.15, 0.2) is 29.1 Å². The Morgan fingerprint density at radius 2 is 1.93 bits per heavy atom. The first-order valence-electron chi connectivity index (χ1n) is 13.4. The first-order valence-corrected chi connectivity index (χ1v) is 15.3. The van der Waals surface area contributed by atoms with Gasteiger partial charge < -0.3 is 14.8 Å². The fraction of sp³-hybridized carbons (Fsp3) is 0.586. The van der Waals surface area contributed by atoms with Crippen LogP contribution in [0, 0.1) is 40.9 Å².